The highest BCUT2D eigenvalue weighted by atomic mass is 16.5. The number of methoxy groups -OCH3 is 2. The van der Waals surface area contributed by atoms with Crippen molar-refractivity contribution in [1.29, 1.82) is 0 Å². The Labute approximate surface area is 125 Å². The molecule has 3 nitrogen and oxygen atoms in total. The molecule has 2 unspecified atom stereocenters. The van der Waals surface area contributed by atoms with E-state index in [0.717, 1.165) is 23.2 Å². The van der Waals surface area contributed by atoms with E-state index >= 15 is 0 Å². The van der Waals surface area contributed by atoms with Crippen LogP contribution in [0.3, 0.4) is 0 Å². The molecule has 0 heterocycles. The van der Waals surface area contributed by atoms with Crippen LogP contribution in [0.25, 0.3) is 0 Å². The lowest BCUT2D eigenvalue weighted by atomic mass is 10.1. The van der Waals surface area contributed by atoms with Crippen LogP contribution in [0.1, 0.15) is 6.42 Å². The minimum absolute atomic E-state index is 0.299. The summed E-state index contributed by atoms with van der Waals surface area (Å²) in [6.45, 7) is 0. The van der Waals surface area contributed by atoms with Gasteiger partial charge < -0.3 is 9.47 Å². The molecule has 0 saturated heterocycles. The van der Waals surface area contributed by atoms with Crippen LogP contribution in [0, 0.1) is 11.8 Å². The predicted octanol–water partition coefficient (Wildman–Crippen LogP) is 3.54. The van der Waals surface area contributed by atoms with Crippen molar-refractivity contribution in [2.75, 3.05) is 14.2 Å². The summed E-state index contributed by atoms with van der Waals surface area (Å²) in [6.07, 6.45) is 11.0. The van der Waals surface area contributed by atoms with Crippen LogP contribution in [0.4, 0.5) is 0 Å². The largest absolute Gasteiger partial charge is 0.497 e. The summed E-state index contributed by atoms with van der Waals surface area (Å²) >= 11 is 0. The van der Waals surface area contributed by atoms with Crippen molar-refractivity contribution >= 4 is 5.97 Å². The van der Waals surface area contributed by atoms with Crippen LogP contribution in [-0.4, -0.2) is 20.2 Å². The topological polar surface area (TPSA) is 35.5 Å². The zero-order valence-corrected chi connectivity index (χ0v) is 12.4. The molecule has 0 bridgehead atoms. The van der Waals surface area contributed by atoms with E-state index in [1.54, 1.807) is 13.2 Å². The first kappa shape index (κ1) is 15.1. The number of carbonyl (C=O) groups is 1. The molecule has 3 rings (SSSR count). The van der Waals surface area contributed by atoms with E-state index in [4.69, 9.17) is 4.74 Å². The number of rotatable bonds is 3. The molecule has 110 valence electrons. The van der Waals surface area contributed by atoms with Crippen LogP contribution >= 0.6 is 0 Å². The van der Waals surface area contributed by atoms with Crippen LogP contribution in [0.2, 0.25) is 0 Å². The average molecular weight is 284 g/mol. The van der Waals surface area contributed by atoms with Gasteiger partial charge in [0.2, 0.25) is 0 Å². The van der Waals surface area contributed by atoms with Crippen LogP contribution in [0.5, 0.6) is 5.75 Å². The van der Waals surface area contributed by atoms with Gasteiger partial charge in [-0.2, -0.15) is 0 Å². The maximum atomic E-state index is 10.8. The van der Waals surface area contributed by atoms with Gasteiger partial charge in [-0.05, 0) is 42.0 Å². The molecule has 2 aliphatic carbocycles. The number of ether oxygens (including phenoxy) is 2. The molecule has 0 N–H and O–H groups in total. The Morgan fingerprint density at radius 2 is 1.95 bits per heavy atom. The number of allylic oxidation sites excluding steroid dienone is 5. The summed E-state index contributed by atoms with van der Waals surface area (Å²) in [7, 11) is 3.05. The molecule has 1 saturated carbocycles. The summed E-state index contributed by atoms with van der Waals surface area (Å²) in [6, 6.07) is 9.68. The van der Waals surface area contributed by atoms with Gasteiger partial charge in [0.15, 0.2) is 0 Å². The van der Waals surface area contributed by atoms with Crippen molar-refractivity contribution in [3.8, 4) is 5.75 Å². The van der Waals surface area contributed by atoms with Crippen molar-refractivity contribution < 1.29 is 14.3 Å². The molecule has 1 aromatic carbocycles. The van der Waals surface area contributed by atoms with Gasteiger partial charge in [-0.1, -0.05) is 36.4 Å². The van der Waals surface area contributed by atoms with E-state index in [1.165, 1.54) is 19.6 Å². The third-order valence-electron chi connectivity index (χ3n) is 3.43. The molecule has 0 spiro atoms. The summed E-state index contributed by atoms with van der Waals surface area (Å²) in [5.74, 6) is 2.11. The van der Waals surface area contributed by atoms with Crippen molar-refractivity contribution in [1.82, 2.24) is 0 Å². The van der Waals surface area contributed by atoms with Crippen LogP contribution in [0.15, 0.2) is 66.3 Å². The molecule has 1 fully saturated rings. The SMILES string of the molecule is COC(=O)/C=C/C1=CC2CC2C=C1.COc1ccccc1. The van der Waals surface area contributed by atoms with E-state index in [-0.39, 0.29) is 5.97 Å². The van der Waals surface area contributed by atoms with E-state index in [1.807, 2.05) is 30.3 Å². The second-order valence-electron chi connectivity index (χ2n) is 4.96. The highest BCUT2D eigenvalue weighted by Crippen LogP contribution is 2.44. The molecule has 3 heteroatoms. The standard InChI is InChI=1S/C11H12O2.C7H8O/c1-13-11(12)5-3-8-2-4-9-7-10(9)6-8;1-8-7-5-3-2-4-6-7/h2-6,9-10H,7H2,1H3;2-6H,1H3/b5-3+;. The first-order chi connectivity index (χ1) is 10.2. The predicted molar refractivity (Wildman–Crippen MR) is 83.0 cm³/mol. The molecule has 0 aliphatic heterocycles. The lowest BCUT2D eigenvalue weighted by molar-refractivity contribution is -0.134. The molecule has 0 aromatic heterocycles. The molecule has 0 amide bonds. The van der Waals surface area contributed by atoms with Gasteiger partial charge in [-0.3, -0.25) is 0 Å². The highest BCUT2D eigenvalue weighted by molar-refractivity contribution is 5.82. The monoisotopic (exact) mass is 284 g/mol. The third-order valence-corrected chi connectivity index (χ3v) is 3.43. The summed E-state index contributed by atoms with van der Waals surface area (Å²) in [5, 5.41) is 0. The molecule has 21 heavy (non-hydrogen) atoms. The first-order valence-corrected chi connectivity index (χ1v) is 6.98. The van der Waals surface area contributed by atoms with Gasteiger partial charge in [0.05, 0.1) is 14.2 Å². The molecular weight excluding hydrogens is 264 g/mol. The van der Waals surface area contributed by atoms with Crippen LogP contribution in [-0.2, 0) is 9.53 Å². The molecule has 0 radical (unpaired) electrons. The van der Waals surface area contributed by atoms with E-state index in [2.05, 4.69) is 23.0 Å². The summed E-state index contributed by atoms with van der Waals surface area (Å²) in [4.78, 5) is 10.8. The minimum Gasteiger partial charge on any atom is -0.497 e. The molecular formula is C18H20O3. The third kappa shape index (κ3) is 4.95. The second kappa shape index (κ2) is 7.48. The Hall–Kier alpha value is -2.29. The van der Waals surface area contributed by atoms with E-state index < -0.39 is 0 Å². The smallest absolute Gasteiger partial charge is 0.330 e. The molecule has 1 aromatic rings. The van der Waals surface area contributed by atoms with Gasteiger partial charge in [-0.15, -0.1) is 0 Å². The fourth-order valence-electron chi connectivity index (χ4n) is 2.09. The Morgan fingerprint density at radius 1 is 1.19 bits per heavy atom. The lowest BCUT2D eigenvalue weighted by Crippen LogP contribution is -1.94. The lowest BCUT2D eigenvalue weighted by Gasteiger charge is -1.99. The van der Waals surface area contributed by atoms with E-state index in [0.29, 0.717) is 0 Å². The fourth-order valence-corrected chi connectivity index (χ4v) is 2.09. The minimum atomic E-state index is -0.299. The number of carbonyl (C=O) groups excluding carboxylic acids is 1. The summed E-state index contributed by atoms with van der Waals surface area (Å²) < 4.78 is 9.42. The number of fused-ring (bicyclic) bond motifs is 1. The van der Waals surface area contributed by atoms with Gasteiger partial charge in [0.1, 0.15) is 5.75 Å². The van der Waals surface area contributed by atoms with Gasteiger partial charge in [-0.25, -0.2) is 4.79 Å². The Balaban J connectivity index is 0.000000173. The Kier molecular flexibility index (Phi) is 5.38. The Morgan fingerprint density at radius 3 is 2.52 bits per heavy atom. The first-order valence-electron chi connectivity index (χ1n) is 6.98. The van der Waals surface area contributed by atoms with E-state index in [9.17, 15) is 4.79 Å². The fraction of sp³-hybridized carbons (Fsp3) is 0.278. The zero-order chi connectivity index (χ0) is 15.1. The van der Waals surface area contributed by atoms with Crippen molar-refractivity contribution in [2.24, 2.45) is 11.8 Å². The van der Waals surface area contributed by atoms with Gasteiger partial charge >= 0.3 is 5.97 Å². The normalized spacial score (nSPS) is 21.7. The highest BCUT2D eigenvalue weighted by Gasteiger charge is 2.34. The van der Waals surface area contributed by atoms with Gasteiger partial charge in [0, 0.05) is 6.08 Å². The summed E-state index contributed by atoms with van der Waals surface area (Å²) in [5.41, 5.74) is 1.11. The number of benzene rings is 1. The molecule has 2 atom stereocenters. The van der Waals surface area contributed by atoms with Crippen LogP contribution < -0.4 is 4.74 Å². The van der Waals surface area contributed by atoms with Crippen molar-refractivity contribution in [2.45, 2.75) is 6.42 Å². The van der Waals surface area contributed by atoms with Crippen molar-refractivity contribution in [3.05, 3.63) is 66.3 Å². The maximum absolute atomic E-state index is 10.8. The maximum Gasteiger partial charge on any atom is 0.330 e. The number of hydrogen-bond acceptors (Lipinski definition) is 3. The number of hydrogen-bond donors (Lipinski definition) is 0. The average Bonchev–Trinajstić information content (AvgIpc) is 3.32. The molecule has 2 aliphatic rings. The zero-order valence-electron chi connectivity index (χ0n) is 12.4. The number of esters is 1. The quantitative estimate of drug-likeness (QED) is 0.629. The van der Waals surface area contributed by atoms with Crippen molar-refractivity contribution in [3.63, 3.8) is 0 Å². The number of para-hydroxylation sites is 1. The Bertz CT molecular complexity index is 555. The second-order valence-corrected chi connectivity index (χ2v) is 4.96. The van der Waals surface area contributed by atoms with Gasteiger partial charge in [0.25, 0.3) is 0 Å².